The van der Waals surface area contributed by atoms with E-state index in [0.29, 0.717) is 10.8 Å². The predicted molar refractivity (Wildman–Crippen MR) is 91.6 cm³/mol. The Bertz CT molecular complexity index is 250. The van der Waals surface area contributed by atoms with E-state index in [1.165, 1.54) is 31.3 Å². The Morgan fingerprint density at radius 1 is 0.789 bits per heavy atom. The monoisotopic (exact) mass is 268 g/mol. The molecule has 0 fully saturated rings. The zero-order chi connectivity index (χ0) is 14.6. The van der Waals surface area contributed by atoms with Crippen LogP contribution in [0.5, 0.6) is 0 Å². The lowest BCUT2D eigenvalue weighted by atomic mass is 9.48. The van der Waals surface area contributed by atoms with Crippen LogP contribution in [0.1, 0.15) is 94.9 Å². The summed E-state index contributed by atoms with van der Waals surface area (Å²) in [5.41, 5.74) is 2.27. The third-order valence-electron chi connectivity index (χ3n) is 5.59. The third kappa shape index (κ3) is 3.86. The van der Waals surface area contributed by atoms with Gasteiger partial charge in [-0.25, -0.2) is 0 Å². The molecule has 0 amide bonds. The first-order valence-corrected chi connectivity index (χ1v) is 7.79. The lowest BCUT2D eigenvalue weighted by Gasteiger charge is -2.56. The minimum absolute atomic E-state index is 0. The molecule has 116 valence electrons. The fourth-order valence-corrected chi connectivity index (χ4v) is 3.98. The molecule has 0 aromatic carbocycles. The standard InChI is InChI=1S/C18H36.CH4/c1-10-13-16(5,6)18(9,15(4)12-3)17(7,8)14-11-2;/h4,10-14H2,1-3,5-9H3;1H4. The van der Waals surface area contributed by atoms with Crippen molar-refractivity contribution in [1.29, 1.82) is 0 Å². The van der Waals surface area contributed by atoms with E-state index in [1.54, 1.807) is 0 Å². The van der Waals surface area contributed by atoms with Gasteiger partial charge in [-0.3, -0.25) is 0 Å². The largest absolute Gasteiger partial charge is 0.0993 e. The Balaban J connectivity index is 0. The first-order chi connectivity index (χ1) is 8.10. The molecule has 0 heteroatoms. The highest BCUT2D eigenvalue weighted by atomic mass is 14.5. The van der Waals surface area contributed by atoms with Crippen LogP contribution in [-0.2, 0) is 0 Å². The first-order valence-electron chi connectivity index (χ1n) is 7.79. The van der Waals surface area contributed by atoms with Gasteiger partial charge in [0.25, 0.3) is 0 Å². The molecule has 0 aromatic heterocycles. The van der Waals surface area contributed by atoms with Crippen molar-refractivity contribution in [3.8, 4) is 0 Å². The molecular formula is C19H40. The number of hydrogen-bond acceptors (Lipinski definition) is 0. The molecule has 0 unspecified atom stereocenters. The molecule has 0 atom stereocenters. The van der Waals surface area contributed by atoms with Crippen LogP contribution in [0.4, 0.5) is 0 Å². The molecule has 0 nitrogen and oxygen atoms in total. The van der Waals surface area contributed by atoms with E-state index in [4.69, 9.17) is 0 Å². The van der Waals surface area contributed by atoms with E-state index in [1.807, 2.05) is 0 Å². The Hall–Kier alpha value is -0.260. The van der Waals surface area contributed by atoms with Crippen LogP contribution < -0.4 is 0 Å². The first kappa shape index (κ1) is 21.0. The summed E-state index contributed by atoms with van der Waals surface area (Å²) in [7, 11) is 0. The maximum Gasteiger partial charge on any atom is -0.00170 e. The van der Waals surface area contributed by atoms with Crippen molar-refractivity contribution in [3.63, 3.8) is 0 Å². The maximum absolute atomic E-state index is 4.44. The van der Waals surface area contributed by atoms with E-state index in [2.05, 4.69) is 62.0 Å². The second-order valence-corrected chi connectivity index (χ2v) is 7.35. The molecule has 0 radical (unpaired) electrons. The summed E-state index contributed by atoms with van der Waals surface area (Å²) in [6, 6.07) is 0. The molecule has 0 aliphatic carbocycles. The number of allylic oxidation sites excluding steroid dienone is 1. The maximum atomic E-state index is 4.44. The summed E-state index contributed by atoms with van der Waals surface area (Å²) in [4.78, 5) is 0. The van der Waals surface area contributed by atoms with Crippen molar-refractivity contribution in [2.24, 2.45) is 16.2 Å². The lowest BCUT2D eigenvalue weighted by Crippen LogP contribution is -2.48. The van der Waals surface area contributed by atoms with Gasteiger partial charge in [0.05, 0.1) is 0 Å². The van der Waals surface area contributed by atoms with Crippen molar-refractivity contribution in [1.82, 2.24) is 0 Å². The van der Waals surface area contributed by atoms with Crippen LogP contribution in [0.2, 0.25) is 0 Å². The van der Waals surface area contributed by atoms with Gasteiger partial charge in [0, 0.05) is 0 Å². The molecule has 19 heavy (non-hydrogen) atoms. The summed E-state index contributed by atoms with van der Waals surface area (Å²) in [6.07, 6.45) is 6.14. The fraction of sp³-hybridized carbons (Fsp3) is 0.895. The molecular weight excluding hydrogens is 228 g/mol. The van der Waals surface area contributed by atoms with Crippen molar-refractivity contribution in [2.45, 2.75) is 94.9 Å². The van der Waals surface area contributed by atoms with E-state index >= 15 is 0 Å². The molecule has 0 aliphatic heterocycles. The van der Waals surface area contributed by atoms with Gasteiger partial charge < -0.3 is 0 Å². The van der Waals surface area contributed by atoms with Gasteiger partial charge in [-0.15, -0.1) is 0 Å². The van der Waals surface area contributed by atoms with Crippen LogP contribution in [0, 0.1) is 16.2 Å². The second kappa shape index (κ2) is 7.50. The van der Waals surface area contributed by atoms with Gasteiger partial charge >= 0.3 is 0 Å². The fourth-order valence-electron chi connectivity index (χ4n) is 3.98. The molecule has 0 aromatic rings. The molecule has 0 saturated carbocycles. The van der Waals surface area contributed by atoms with Gasteiger partial charge in [0.1, 0.15) is 0 Å². The molecule has 0 rings (SSSR count). The highest BCUT2D eigenvalue weighted by molar-refractivity contribution is 5.18. The van der Waals surface area contributed by atoms with Crippen LogP contribution in [0.15, 0.2) is 12.2 Å². The van der Waals surface area contributed by atoms with Gasteiger partial charge in [-0.2, -0.15) is 0 Å². The Morgan fingerprint density at radius 3 is 1.32 bits per heavy atom. The van der Waals surface area contributed by atoms with E-state index in [0.717, 1.165) is 6.42 Å². The minimum Gasteiger partial charge on any atom is -0.0993 e. The molecule has 0 bridgehead atoms. The highest BCUT2D eigenvalue weighted by Crippen LogP contribution is 2.59. The summed E-state index contributed by atoms with van der Waals surface area (Å²) in [5, 5.41) is 0. The van der Waals surface area contributed by atoms with Gasteiger partial charge in [-0.1, -0.05) is 87.8 Å². The smallest absolute Gasteiger partial charge is 0.00170 e. The molecule has 0 N–H and O–H groups in total. The number of rotatable bonds is 8. The quantitative estimate of drug-likeness (QED) is 0.407. The third-order valence-corrected chi connectivity index (χ3v) is 5.59. The molecule has 0 spiro atoms. The van der Waals surface area contributed by atoms with Crippen molar-refractivity contribution >= 4 is 0 Å². The predicted octanol–water partition coefficient (Wildman–Crippen LogP) is 7.25. The van der Waals surface area contributed by atoms with E-state index in [-0.39, 0.29) is 12.8 Å². The van der Waals surface area contributed by atoms with E-state index in [9.17, 15) is 0 Å². The van der Waals surface area contributed by atoms with Crippen molar-refractivity contribution < 1.29 is 0 Å². The topological polar surface area (TPSA) is 0 Å². The summed E-state index contributed by atoms with van der Waals surface area (Å²) >= 11 is 0. The SMILES string of the molecule is C.C=C(CC)C(C)(C(C)(C)CCC)C(C)(C)CCC. The average Bonchev–Trinajstić information content (AvgIpc) is 2.26. The van der Waals surface area contributed by atoms with Gasteiger partial charge in [0.15, 0.2) is 0 Å². The Morgan fingerprint density at radius 2 is 1.11 bits per heavy atom. The Labute approximate surface area is 124 Å². The van der Waals surface area contributed by atoms with Crippen LogP contribution in [0.25, 0.3) is 0 Å². The summed E-state index contributed by atoms with van der Waals surface area (Å²) < 4.78 is 0. The van der Waals surface area contributed by atoms with Crippen molar-refractivity contribution in [2.75, 3.05) is 0 Å². The van der Waals surface area contributed by atoms with Crippen LogP contribution in [-0.4, -0.2) is 0 Å². The normalized spacial score (nSPS) is 13.1. The Kier molecular flexibility index (Phi) is 8.31. The van der Waals surface area contributed by atoms with Crippen LogP contribution >= 0.6 is 0 Å². The van der Waals surface area contributed by atoms with Crippen LogP contribution in [0.3, 0.4) is 0 Å². The van der Waals surface area contributed by atoms with E-state index < -0.39 is 0 Å². The van der Waals surface area contributed by atoms with Gasteiger partial charge in [0.2, 0.25) is 0 Å². The van der Waals surface area contributed by atoms with Crippen molar-refractivity contribution in [3.05, 3.63) is 12.2 Å². The van der Waals surface area contributed by atoms with Gasteiger partial charge in [-0.05, 0) is 35.5 Å². The molecule has 0 aliphatic rings. The highest BCUT2D eigenvalue weighted by Gasteiger charge is 2.51. The lowest BCUT2D eigenvalue weighted by molar-refractivity contribution is -0.0158. The minimum atomic E-state index is 0. The second-order valence-electron chi connectivity index (χ2n) is 7.35. The molecule has 0 heterocycles. The zero-order valence-electron chi connectivity index (χ0n) is 14.2. The summed E-state index contributed by atoms with van der Waals surface area (Å²) in [6.45, 7) is 23.5. The molecule has 0 saturated heterocycles. The zero-order valence-corrected chi connectivity index (χ0v) is 14.2. The number of hydrogen-bond donors (Lipinski definition) is 0. The summed E-state index contributed by atoms with van der Waals surface area (Å²) in [5.74, 6) is 0. The average molecular weight is 269 g/mol.